The van der Waals surface area contributed by atoms with Gasteiger partial charge in [0.25, 0.3) is 0 Å². The van der Waals surface area contributed by atoms with Crippen LogP contribution in [0.5, 0.6) is 0 Å². The lowest BCUT2D eigenvalue weighted by Crippen LogP contribution is -1.97. The summed E-state index contributed by atoms with van der Waals surface area (Å²) in [6, 6.07) is 0. The fraction of sp³-hybridized carbons (Fsp3) is 0.250. The van der Waals surface area contributed by atoms with E-state index in [-0.39, 0.29) is 0 Å². The molecule has 1 rings (SSSR count). The molecule has 10 heavy (non-hydrogen) atoms. The Morgan fingerprint density at radius 1 is 1.60 bits per heavy atom. The Kier molecular flexibility index (Phi) is 1.81. The Balaban J connectivity index is 2.90. The van der Waals surface area contributed by atoms with Crippen LogP contribution < -0.4 is 5.73 Å². The highest BCUT2D eigenvalue weighted by Crippen LogP contribution is 2.13. The van der Waals surface area contributed by atoms with Crippen molar-refractivity contribution in [3.63, 3.8) is 0 Å². The van der Waals surface area contributed by atoms with E-state index in [9.17, 15) is 5.11 Å². The van der Waals surface area contributed by atoms with Gasteiger partial charge in [-0.2, -0.15) is 0 Å². The molecule has 0 saturated carbocycles. The van der Waals surface area contributed by atoms with Crippen molar-refractivity contribution in [3.8, 4) is 0 Å². The van der Waals surface area contributed by atoms with Crippen LogP contribution in [-0.2, 0) is 0 Å². The van der Waals surface area contributed by atoms with E-state index in [0.717, 1.165) is 5.57 Å². The zero-order valence-electron chi connectivity index (χ0n) is 5.96. The fourth-order valence-electron chi connectivity index (χ4n) is 0.804. The van der Waals surface area contributed by atoms with E-state index in [1.54, 1.807) is 6.08 Å². The third-order valence-electron chi connectivity index (χ3n) is 1.48. The van der Waals surface area contributed by atoms with Crippen molar-refractivity contribution < 1.29 is 5.11 Å². The van der Waals surface area contributed by atoms with Crippen molar-refractivity contribution in [2.24, 2.45) is 5.73 Å². The molecule has 3 N–H and O–H groups in total. The van der Waals surface area contributed by atoms with Gasteiger partial charge in [-0.15, -0.1) is 0 Å². The molecule has 0 bridgehead atoms. The van der Waals surface area contributed by atoms with Crippen LogP contribution in [0.1, 0.15) is 13.3 Å². The second-order valence-electron chi connectivity index (χ2n) is 2.41. The van der Waals surface area contributed by atoms with Crippen LogP contribution in [0, 0.1) is 0 Å². The van der Waals surface area contributed by atoms with Gasteiger partial charge in [-0.25, -0.2) is 0 Å². The van der Waals surface area contributed by atoms with Gasteiger partial charge < -0.3 is 10.8 Å². The molecule has 0 amide bonds. The molecular weight excluding hydrogens is 126 g/mol. The SMILES string of the molecule is CC1=C(O)CC(N)=CC=C1. The van der Waals surface area contributed by atoms with Gasteiger partial charge in [-0.3, -0.25) is 0 Å². The van der Waals surface area contributed by atoms with E-state index in [4.69, 9.17) is 5.73 Å². The summed E-state index contributed by atoms with van der Waals surface area (Å²) in [4.78, 5) is 0. The van der Waals surface area contributed by atoms with Gasteiger partial charge in [0.05, 0.1) is 0 Å². The predicted octanol–water partition coefficient (Wildman–Crippen LogP) is 1.62. The van der Waals surface area contributed by atoms with Gasteiger partial charge in [-0.05, 0) is 18.6 Å². The highest BCUT2D eigenvalue weighted by molar-refractivity contribution is 5.30. The summed E-state index contributed by atoms with van der Waals surface area (Å²) in [6.07, 6.45) is 5.95. The maximum atomic E-state index is 9.24. The molecular formula is C8H11NO. The standard InChI is InChI=1S/C8H11NO/c1-6-3-2-4-7(9)5-8(6)10/h2-4,10H,5,9H2,1H3. The number of rotatable bonds is 0. The molecule has 0 unspecified atom stereocenters. The molecule has 1 aliphatic rings. The van der Waals surface area contributed by atoms with E-state index in [0.29, 0.717) is 17.9 Å². The number of allylic oxidation sites excluding steroid dienone is 4. The smallest absolute Gasteiger partial charge is 0.101 e. The van der Waals surface area contributed by atoms with E-state index in [1.807, 2.05) is 19.1 Å². The summed E-state index contributed by atoms with van der Waals surface area (Å²) in [5, 5.41) is 9.24. The molecule has 0 radical (unpaired) electrons. The molecule has 2 heteroatoms. The summed E-state index contributed by atoms with van der Waals surface area (Å²) in [6.45, 7) is 1.86. The molecule has 54 valence electrons. The van der Waals surface area contributed by atoms with Crippen molar-refractivity contribution in [1.29, 1.82) is 0 Å². The molecule has 0 saturated heterocycles. The number of nitrogens with two attached hydrogens (primary N) is 1. The first-order valence-corrected chi connectivity index (χ1v) is 3.21. The van der Waals surface area contributed by atoms with Crippen LogP contribution in [0.4, 0.5) is 0 Å². The number of aliphatic hydroxyl groups is 1. The summed E-state index contributed by atoms with van der Waals surface area (Å²) in [7, 11) is 0. The maximum absolute atomic E-state index is 9.24. The first-order valence-electron chi connectivity index (χ1n) is 3.21. The summed E-state index contributed by atoms with van der Waals surface area (Å²) in [5.41, 5.74) is 7.09. The summed E-state index contributed by atoms with van der Waals surface area (Å²) in [5.74, 6) is 0.363. The third-order valence-corrected chi connectivity index (χ3v) is 1.48. The molecule has 0 aromatic heterocycles. The average Bonchev–Trinajstić information content (AvgIpc) is 1.96. The van der Waals surface area contributed by atoms with Crippen LogP contribution >= 0.6 is 0 Å². The maximum Gasteiger partial charge on any atom is 0.101 e. The van der Waals surface area contributed by atoms with E-state index in [2.05, 4.69) is 0 Å². The number of hydrogen-bond donors (Lipinski definition) is 2. The lowest BCUT2D eigenvalue weighted by molar-refractivity contribution is 0.393. The average molecular weight is 137 g/mol. The van der Waals surface area contributed by atoms with Gasteiger partial charge >= 0.3 is 0 Å². The molecule has 0 aromatic carbocycles. The molecule has 0 aliphatic heterocycles. The van der Waals surface area contributed by atoms with Crippen molar-refractivity contribution in [1.82, 2.24) is 0 Å². The number of aliphatic hydroxyl groups excluding tert-OH is 1. The summed E-state index contributed by atoms with van der Waals surface area (Å²) >= 11 is 0. The molecule has 0 aromatic rings. The fourth-order valence-corrected chi connectivity index (χ4v) is 0.804. The van der Waals surface area contributed by atoms with E-state index in [1.165, 1.54) is 0 Å². The third kappa shape index (κ3) is 1.41. The minimum atomic E-state index is 0.363. The van der Waals surface area contributed by atoms with E-state index >= 15 is 0 Å². The van der Waals surface area contributed by atoms with Gasteiger partial charge in [0.2, 0.25) is 0 Å². The Labute approximate surface area is 60.4 Å². The van der Waals surface area contributed by atoms with Crippen molar-refractivity contribution in [3.05, 3.63) is 35.3 Å². The predicted molar refractivity (Wildman–Crippen MR) is 41.4 cm³/mol. The monoisotopic (exact) mass is 137 g/mol. The summed E-state index contributed by atoms with van der Waals surface area (Å²) < 4.78 is 0. The van der Waals surface area contributed by atoms with Crippen molar-refractivity contribution >= 4 is 0 Å². The van der Waals surface area contributed by atoms with Gasteiger partial charge in [0.15, 0.2) is 0 Å². The highest BCUT2D eigenvalue weighted by atomic mass is 16.3. The Morgan fingerprint density at radius 3 is 3.00 bits per heavy atom. The highest BCUT2D eigenvalue weighted by Gasteiger charge is 2.01. The van der Waals surface area contributed by atoms with Crippen molar-refractivity contribution in [2.75, 3.05) is 0 Å². The van der Waals surface area contributed by atoms with Crippen molar-refractivity contribution in [2.45, 2.75) is 13.3 Å². The lowest BCUT2D eigenvalue weighted by atomic mass is 10.2. The minimum Gasteiger partial charge on any atom is -0.512 e. The number of hydrogen-bond acceptors (Lipinski definition) is 2. The second-order valence-corrected chi connectivity index (χ2v) is 2.41. The normalized spacial score (nSPS) is 18.7. The molecule has 1 aliphatic carbocycles. The van der Waals surface area contributed by atoms with Crippen LogP contribution in [0.3, 0.4) is 0 Å². The van der Waals surface area contributed by atoms with Gasteiger partial charge in [-0.1, -0.05) is 12.2 Å². The first kappa shape index (κ1) is 6.93. The largest absolute Gasteiger partial charge is 0.512 e. The molecule has 0 spiro atoms. The quantitative estimate of drug-likeness (QED) is 0.533. The molecule has 2 nitrogen and oxygen atoms in total. The molecule has 0 heterocycles. The molecule has 0 fully saturated rings. The lowest BCUT2D eigenvalue weighted by Gasteiger charge is -1.99. The van der Waals surface area contributed by atoms with Crippen LogP contribution in [0.2, 0.25) is 0 Å². The molecule has 0 atom stereocenters. The first-order chi connectivity index (χ1) is 4.70. The Bertz CT molecular complexity index is 223. The van der Waals surface area contributed by atoms with E-state index < -0.39 is 0 Å². The topological polar surface area (TPSA) is 46.2 Å². The Morgan fingerprint density at radius 2 is 2.30 bits per heavy atom. The second kappa shape index (κ2) is 2.60. The van der Waals surface area contributed by atoms with Gasteiger partial charge in [0, 0.05) is 12.1 Å². The zero-order chi connectivity index (χ0) is 7.56. The van der Waals surface area contributed by atoms with Crippen LogP contribution in [0.25, 0.3) is 0 Å². The minimum absolute atomic E-state index is 0.363. The Hall–Kier alpha value is -1.18. The zero-order valence-corrected chi connectivity index (χ0v) is 5.96. The van der Waals surface area contributed by atoms with Gasteiger partial charge in [0.1, 0.15) is 5.76 Å². The van der Waals surface area contributed by atoms with Crippen LogP contribution in [-0.4, -0.2) is 5.11 Å². The van der Waals surface area contributed by atoms with Crippen LogP contribution in [0.15, 0.2) is 35.3 Å².